The molecule has 0 saturated heterocycles. The predicted molar refractivity (Wildman–Crippen MR) is 155 cm³/mol. The van der Waals surface area contributed by atoms with Gasteiger partial charge in [-0.25, -0.2) is 0 Å². The number of nitrogens with one attached hydrogen (secondary N) is 1. The molecule has 7 heteroatoms. The highest BCUT2D eigenvalue weighted by Crippen LogP contribution is 2.44. The fourth-order valence-electron chi connectivity index (χ4n) is 5.37. The average Bonchev–Trinajstić information content (AvgIpc) is 2.89. The Hall–Kier alpha value is -3.64. The van der Waals surface area contributed by atoms with E-state index in [2.05, 4.69) is 5.32 Å². The first-order valence-electron chi connectivity index (χ1n) is 13.3. The molecular weight excluding hydrogens is 512 g/mol. The minimum absolute atomic E-state index is 0.0479. The number of benzene rings is 3. The summed E-state index contributed by atoms with van der Waals surface area (Å²) in [6, 6.07) is 21.7. The lowest BCUT2D eigenvalue weighted by molar-refractivity contribution is -0.147. The number of fused-ring (bicyclic) bond motifs is 1. The van der Waals surface area contributed by atoms with Gasteiger partial charge in [-0.2, -0.15) is 0 Å². The van der Waals surface area contributed by atoms with Gasteiger partial charge in [-0.15, -0.1) is 0 Å². The van der Waals surface area contributed by atoms with Gasteiger partial charge in [-0.05, 0) is 81.5 Å². The maximum atomic E-state index is 14.1. The summed E-state index contributed by atoms with van der Waals surface area (Å²) in [4.78, 5) is 40.3. The van der Waals surface area contributed by atoms with Crippen LogP contribution in [-0.2, 0) is 16.0 Å². The Labute approximate surface area is 235 Å². The van der Waals surface area contributed by atoms with Gasteiger partial charge in [0.05, 0.1) is 17.4 Å². The van der Waals surface area contributed by atoms with Crippen LogP contribution in [0, 0.1) is 11.3 Å². The zero-order valence-electron chi connectivity index (χ0n) is 22.8. The second-order valence-corrected chi connectivity index (χ2v) is 11.4. The molecule has 39 heavy (non-hydrogen) atoms. The monoisotopic (exact) mass is 546 g/mol. The van der Waals surface area contributed by atoms with Crippen LogP contribution in [0.5, 0.6) is 0 Å². The van der Waals surface area contributed by atoms with Gasteiger partial charge in [0.2, 0.25) is 5.91 Å². The van der Waals surface area contributed by atoms with Gasteiger partial charge in [0.25, 0.3) is 0 Å². The average molecular weight is 547 g/mol. The van der Waals surface area contributed by atoms with E-state index in [4.69, 9.17) is 11.6 Å². The van der Waals surface area contributed by atoms with Crippen LogP contribution in [-0.4, -0.2) is 28.8 Å². The Morgan fingerprint density at radius 3 is 2.23 bits per heavy atom. The van der Waals surface area contributed by atoms with Gasteiger partial charge in [-0.3, -0.25) is 14.4 Å². The van der Waals surface area contributed by atoms with Crippen molar-refractivity contribution in [1.29, 1.82) is 0 Å². The molecule has 0 aliphatic carbocycles. The normalized spacial score (nSPS) is 18.5. The van der Waals surface area contributed by atoms with Gasteiger partial charge in [-0.1, -0.05) is 54.1 Å². The van der Waals surface area contributed by atoms with Crippen molar-refractivity contribution in [2.24, 2.45) is 11.3 Å². The van der Waals surface area contributed by atoms with Crippen molar-refractivity contribution in [3.05, 3.63) is 94.5 Å². The fraction of sp³-hybridized carbons (Fsp3) is 0.344. The fourth-order valence-corrected chi connectivity index (χ4v) is 5.49. The summed E-state index contributed by atoms with van der Waals surface area (Å²) in [7, 11) is 0. The number of ketones is 1. The molecule has 6 nitrogen and oxygen atoms in total. The smallest absolute Gasteiger partial charge is 0.309 e. The number of hydrogen-bond donors (Lipinski definition) is 2. The number of halogens is 1. The number of Topliss-reactive ketones (excluding diaryl/α,β-unsaturated/α-hetero) is 1. The number of carboxylic acids is 1. The quantitative estimate of drug-likeness (QED) is 0.277. The molecular formula is C32H35ClN2O4. The molecule has 0 bridgehead atoms. The minimum Gasteiger partial charge on any atom is -0.481 e. The van der Waals surface area contributed by atoms with Crippen LogP contribution in [0.3, 0.4) is 0 Å². The third-order valence-electron chi connectivity index (χ3n) is 7.65. The first-order valence-corrected chi connectivity index (χ1v) is 13.6. The highest BCUT2D eigenvalue weighted by atomic mass is 35.5. The van der Waals surface area contributed by atoms with E-state index in [-0.39, 0.29) is 17.7 Å². The lowest BCUT2D eigenvalue weighted by Gasteiger charge is -2.43. The topological polar surface area (TPSA) is 86.7 Å². The molecule has 1 aliphatic rings. The van der Waals surface area contributed by atoms with E-state index in [1.54, 1.807) is 43.0 Å². The Kier molecular flexibility index (Phi) is 8.45. The number of carbonyl (C=O) groups excluding carboxylic acids is 2. The van der Waals surface area contributed by atoms with Crippen LogP contribution in [0.2, 0.25) is 5.02 Å². The molecule has 3 atom stereocenters. The molecule has 4 rings (SSSR count). The van der Waals surface area contributed by atoms with Gasteiger partial charge in [0, 0.05) is 34.9 Å². The number of aryl methyl sites for hydroxylation is 1. The minimum atomic E-state index is -0.798. The highest BCUT2D eigenvalue weighted by molar-refractivity contribution is 6.30. The second kappa shape index (κ2) is 11.6. The summed E-state index contributed by atoms with van der Waals surface area (Å²) in [5.41, 5.74) is 3.33. The van der Waals surface area contributed by atoms with Crippen molar-refractivity contribution in [1.82, 2.24) is 0 Å². The van der Waals surface area contributed by atoms with Crippen molar-refractivity contribution < 1.29 is 19.5 Å². The molecule has 2 N–H and O–H groups in total. The van der Waals surface area contributed by atoms with Crippen LogP contribution in [0.25, 0.3) is 0 Å². The molecule has 1 unspecified atom stereocenters. The summed E-state index contributed by atoms with van der Waals surface area (Å²) in [5, 5.41) is 13.4. The van der Waals surface area contributed by atoms with Crippen LogP contribution in [0.1, 0.15) is 68.1 Å². The number of aliphatic carboxylic acids is 1. The Balaban J connectivity index is 1.65. The first-order chi connectivity index (χ1) is 18.5. The van der Waals surface area contributed by atoms with E-state index in [1.165, 1.54) is 6.92 Å². The van der Waals surface area contributed by atoms with E-state index < -0.39 is 23.3 Å². The summed E-state index contributed by atoms with van der Waals surface area (Å²) < 4.78 is 0. The lowest BCUT2D eigenvalue weighted by atomic mass is 9.77. The number of nitrogens with zero attached hydrogens (tertiary/aromatic N) is 1. The number of anilines is 2. The number of rotatable bonds is 9. The Morgan fingerprint density at radius 2 is 1.62 bits per heavy atom. The molecule has 0 radical (unpaired) electrons. The standard InChI is InChI=1S/C32H35ClN2O4/c1-20-28(30(37)23-13-11-22(12-14-23)8-7-19-32(3,4)31(38)39)29(26-9-5-6-10-27(26)34-20)35(21(2)36)25-17-15-24(33)16-18-25/h5-6,9-18,20,28-29,34H,7-8,19H2,1-4H3,(H,38,39)/t20-,28?,29-/m0/s1. The SMILES string of the molecule is CC(=O)N(c1ccc(Cl)cc1)[C@H]1c2ccccc2N[C@@H](C)C1C(=O)c1ccc(CCCC(C)(C)C(=O)O)cc1. The summed E-state index contributed by atoms with van der Waals surface area (Å²) in [5.74, 6) is -1.55. The maximum absolute atomic E-state index is 14.1. The molecule has 3 aromatic carbocycles. The van der Waals surface area contributed by atoms with Gasteiger partial charge in [0.1, 0.15) is 0 Å². The molecule has 3 aromatic rings. The van der Waals surface area contributed by atoms with E-state index in [9.17, 15) is 19.5 Å². The van der Waals surface area contributed by atoms with E-state index >= 15 is 0 Å². The van der Waals surface area contributed by atoms with Crippen LogP contribution < -0.4 is 10.2 Å². The highest BCUT2D eigenvalue weighted by Gasteiger charge is 2.44. The largest absolute Gasteiger partial charge is 0.481 e. The number of carboxylic acid groups (broad SMARTS) is 1. The van der Waals surface area contributed by atoms with Crippen molar-refractivity contribution in [3.63, 3.8) is 0 Å². The molecule has 0 spiro atoms. The van der Waals surface area contributed by atoms with Crippen LogP contribution in [0.4, 0.5) is 11.4 Å². The number of hydrogen-bond acceptors (Lipinski definition) is 4. The summed E-state index contributed by atoms with van der Waals surface area (Å²) in [6.07, 6.45) is 2.04. The van der Waals surface area contributed by atoms with Gasteiger partial charge < -0.3 is 15.3 Å². The van der Waals surface area contributed by atoms with E-state index in [0.29, 0.717) is 22.7 Å². The molecule has 1 aliphatic heterocycles. The van der Waals surface area contributed by atoms with Gasteiger partial charge in [0.15, 0.2) is 5.78 Å². The Bertz CT molecular complexity index is 1350. The third-order valence-corrected chi connectivity index (χ3v) is 7.90. The van der Waals surface area contributed by atoms with Crippen molar-refractivity contribution >= 4 is 40.6 Å². The third kappa shape index (κ3) is 6.17. The zero-order chi connectivity index (χ0) is 28.3. The molecule has 0 saturated carbocycles. The van der Waals surface area contributed by atoms with Crippen molar-refractivity contribution in [2.75, 3.05) is 10.2 Å². The molecule has 1 amide bonds. The first kappa shape index (κ1) is 28.4. The lowest BCUT2D eigenvalue weighted by Crippen LogP contribution is -2.49. The Morgan fingerprint density at radius 1 is 0.974 bits per heavy atom. The molecule has 204 valence electrons. The van der Waals surface area contributed by atoms with Crippen molar-refractivity contribution in [2.45, 2.75) is 59.0 Å². The zero-order valence-corrected chi connectivity index (χ0v) is 23.5. The summed E-state index contributed by atoms with van der Waals surface area (Å²) in [6.45, 7) is 6.97. The van der Waals surface area contributed by atoms with Crippen molar-refractivity contribution in [3.8, 4) is 0 Å². The van der Waals surface area contributed by atoms with Crippen LogP contribution in [0.15, 0.2) is 72.8 Å². The van der Waals surface area contributed by atoms with Gasteiger partial charge >= 0.3 is 5.97 Å². The molecule has 1 heterocycles. The number of para-hydroxylation sites is 1. The second-order valence-electron chi connectivity index (χ2n) is 11.0. The molecule has 0 fully saturated rings. The number of carbonyl (C=O) groups is 3. The summed E-state index contributed by atoms with van der Waals surface area (Å²) >= 11 is 6.13. The molecule has 0 aromatic heterocycles. The number of amides is 1. The maximum Gasteiger partial charge on any atom is 0.309 e. The predicted octanol–water partition coefficient (Wildman–Crippen LogP) is 7.18. The van der Waals surface area contributed by atoms with E-state index in [0.717, 1.165) is 29.7 Å². The van der Waals surface area contributed by atoms with E-state index in [1.807, 2.05) is 55.5 Å². The van der Waals surface area contributed by atoms with Crippen LogP contribution >= 0.6 is 11.6 Å².